The first-order valence-electron chi connectivity index (χ1n) is 9.81. The molecular weight excluding hydrogens is 400 g/mol. The Morgan fingerprint density at radius 3 is 2.13 bits per heavy atom. The number of nitrogens with one attached hydrogen (secondary N) is 1. The Kier molecular flexibility index (Phi) is 6.69. The molecule has 2 unspecified atom stereocenters. The van der Waals surface area contributed by atoms with Gasteiger partial charge in [0.15, 0.2) is 0 Å². The summed E-state index contributed by atoms with van der Waals surface area (Å²) in [6.45, 7) is 2.21. The Balaban J connectivity index is 1.76. The van der Waals surface area contributed by atoms with Gasteiger partial charge in [0.1, 0.15) is 0 Å². The third-order valence-corrected chi connectivity index (χ3v) is 5.32. The van der Waals surface area contributed by atoms with Crippen LogP contribution in [0.25, 0.3) is 0 Å². The molecule has 0 bridgehead atoms. The number of rotatable bonds is 6. The van der Waals surface area contributed by atoms with Crippen molar-refractivity contribution in [2.75, 3.05) is 26.1 Å². The van der Waals surface area contributed by atoms with Crippen molar-refractivity contribution in [2.45, 2.75) is 19.4 Å². The fourth-order valence-corrected chi connectivity index (χ4v) is 3.61. The van der Waals surface area contributed by atoms with Gasteiger partial charge in [0.05, 0.1) is 37.3 Å². The number of esters is 2. The molecule has 0 saturated carbocycles. The Labute approximate surface area is 180 Å². The van der Waals surface area contributed by atoms with Gasteiger partial charge in [-0.25, -0.2) is 9.59 Å². The molecule has 2 atom stereocenters. The fraction of sp³-hybridized carbons (Fsp3) is 0.304. The van der Waals surface area contributed by atoms with Gasteiger partial charge in [0.25, 0.3) is 0 Å². The highest BCUT2D eigenvalue weighted by Crippen LogP contribution is 2.29. The van der Waals surface area contributed by atoms with Crippen LogP contribution in [-0.4, -0.2) is 49.4 Å². The molecule has 3 rings (SSSR count). The van der Waals surface area contributed by atoms with Crippen LogP contribution in [0.15, 0.2) is 48.5 Å². The van der Waals surface area contributed by atoms with Gasteiger partial charge in [0.2, 0.25) is 11.8 Å². The zero-order valence-corrected chi connectivity index (χ0v) is 17.6. The smallest absolute Gasteiger partial charge is 0.337 e. The van der Waals surface area contributed by atoms with Gasteiger partial charge in [-0.3, -0.25) is 9.59 Å². The number of hydrogen-bond acceptors (Lipinski definition) is 6. The van der Waals surface area contributed by atoms with Gasteiger partial charge < -0.3 is 19.7 Å². The Morgan fingerprint density at radius 2 is 1.58 bits per heavy atom. The molecule has 1 saturated heterocycles. The summed E-state index contributed by atoms with van der Waals surface area (Å²) >= 11 is 0. The van der Waals surface area contributed by atoms with E-state index in [1.54, 1.807) is 4.90 Å². The molecule has 1 aliphatic heterocycles. The minimum Gasteiger partial charge on any atom is -0.465 e. The standard InChI is InChI=1S/C23H24N2O6/c1-14(15-7-5-4-6-8-15)25-13-18(12-20(25)26)21(27)24-19-10-16(22(28)30-2)9-17(11-19)23(29)31-3/h4-11,14,18H,12-13H2,1-3H3,(H,24,27). The summed E-state index contributed by atoms with van der Waals surface area (Å²) < 4.78 is 9.41. The number of amides is 2. The first kappa shape index (κ1) is 22.0. The topological polar surface area (TPSA) is 102 Å². The van der Waals surface area contributed by atoms with Crippen LogP contribution in [0, 0.1) is 5.92 Å². The van der Waals surface area contributed by atoms with Crippen molar-refractivity contribution < 1.29 is 28.7 Å². The number of carbonyl (C=O) groups is 4. The monoisotopic (exact) mass is 424 g/mol. The molecule has 0 aliphatic carbocycles. The summed E-state index contributed by atoms with van der Waals surface area (Å²) in [7, 11) is 2.44. The van der Waals surface area contributed by atoms with E-state index in [0.717, 1.165) is 5.56 Å². The number of ether oxygens (including phenoxy) is 2. The molecule has 1 aliphatic rings. The summed E-state index contributed by atoms with van der Waals surface area (Å²) in [6, 6.07) is 13.6. The zero-order chi connectivity index (χ0) is 22.5. The van der Waals surface area contributed by atoms with Crippen LogP contribution in [0.4, 0.5) is 5.69 Å². The summed E-state index contributed by atoms with van der Waals surface area (Å²) in [5.74, 6) is -2.33. The second-order valence-electron chi connectivity index (χ2n) is 7.31. The minimum atomic E-state index is -0.653. The van der Waals surface area contributed by atoms with Crippen molar-refractivity contribution in [3.05, 3.63) is 65.2 Å². The third-order valence-electron chi connectivity index (χ3n) is 5.32. The van der Waals surface area contributed by atoms with Crippen molar-refractivity contribution in [3.8, 4) is 0 Å². The summed E-state index contributed by atoms with van der Waals surface area (Å²) in [5, 5.41) is 2.71. The highest BCUT2D eigenvalue weighted by Gasteiger charge is 2.37. The second-order valence-corrected chi connectivity index (χ2v) is 7.31. The summed E-state index contributed by atoms with van der Waals surface area (Å²) in [5.41, 5.74) is 1.44. The van der Waals surface area contributed by atoms with Crippen molar-refractivity contribution >= 4 is 29.4 Å². The van der Waals surface area contributed by atoms with E-state index in [2.05, 4.69) is 5.32 Å². The maximum Gasteiger partial charge on any atom is 0.337 e. The number of benzene rings is 2. The number of likely N-dealkylation sites (tertiary alicyclic amines) is 1. The van der Waals surface area contributed by atoms with E-state index in [1.165, 1.54) is 32.4 Å². The largest absolute Gasteiger partial charge is 0.465 e. The molecular formula is C23H24N2O6. The molecule has 0 radical (unpaired) electrons. The predicted molar refractivity (Wildman–Crippen MR) is 112 cm³/mol. The highest BCUT2D eigenvalue weighted by molar-refractivity contribution is 6.01. The average Bonchev–Trinajstić information content (AvgIpc) is 3.19. The van der Waals surface area contributed by atoms with E-state index >= 15 is 0 Å². The number of methoxy groups -OCH3 is 2. The second kappa shape index (κ2) is 9.42. The molecule has 2 amide bonds. The summed E-state index contributed by atoms with van der Waals surface area (Å²) in [6.07, 6.45) is 0.0869. The Bertz CT molecular complexity index is 970. The molecule has 0 aromatic heterocycles. The molecule has 0 spiro atoms. The van der Waals surface area contributed by atoms with E-state index in [0.29, 0.717) is 0 Å². The predicted octanol–water partition coefficient (Wildman–Crippen LogP) is 2.81. The molecule has 1 heterocycles. The van der Waals surface area contributed by atoms with Crippen LogP contribution in [0.1, 0.15) is 45.7 Å². The van der Waals surface area contributed by atoms with Crippen LogP contribution in [0.2, 0.25) is 0 Å². The average molecular weight is 424 g/mol. The van der Waals surface area contributed by atoms with Gasteiger partial charge in [0, 0.05) is 18.7 Å². The van der Waals surface area contributed by atoms with Crippen LogP contribution in [0.3, 0.4) is 0 Å². The lowest BCUT2D eigenvalue weighted by Crippen LogP contribution is -2.30. The number of hydrogen-bond donors (Lipinski definition) is 1. The molecule has 8 heteroatoms. The van der Waals surface area contributed by atoms with E-state index < -0.39 is 17.9 Å². The maximum absolute atomic E-state index is 12.8. The Morgan fingerprint density at radius 1 is 1.00 bits per heavy atom. The fourth-order valence-electron chi connectivity index (χ4n) is 3.61. The first-order valence-corrected chi connectivity index (χ1v) is 9.81. The van der Waals surface area contributed by atoms with E-state index in [-0.39, 0.29) is 47.6 Å². The lowest BCUT2D eigenvalue weighted by atomic mass is 10.1. The summed E-state index contributed by atoms with van der Waals surface area (Å²) in [4.78, 5) is 50.9. The van der Waals surface area contributed by atoms with Crippen LogP contribution in [-0.2, 0) is 19.1 Å². The first-order chi connectivity index (χ1) is 14.8. The van der Waals surface area contributed by atoms with Crippen LogP contribution >= 0.6 is 0 Å². The van der Waals surface area contributed by atoms with Crippen molar-refractivity contribution in [1.29, 1.82) is 0 Å². The third kappa shape index (κ3) is 4.91. The SMILES string of the molecule is COC(=O)c1cc(NC(=O)C2CC(=O)N(C(C)c3ccccc3)C2)cc(C(=O)OC)c1. The molecule has 31 heavy (non-hydrogen) atoms. The molecule has 162 valence electrons. The lowest BCUT2D eigenvalue weighted by molar-refractivity contribution is -0.129. The van der Waals surface area contributed by atoms with E-state index in [1.807, 2.05) is 37.3 Å². The van der Waals surface area contributed by atoms with Crippen molar-refractivity contribution in [2.24, 2.45) is 5.92 Å². The van der Waals surface area contributed by atoms with Gasteiger partial charge >= 0.3 is 11.9 Å². The minimum absolute atomic E-state index is 0.0869. The number of anilines is 1. The number of nitrogens with zero attached hydrogens (tertiary/aromatic N) is 1. The lowest BCUT2D eigenvalue weighted by Gasteiger charge is -2.25. The van der Waals surface area contributed by atoms with E-state index in [9.17, 15) is 19.2 Å². The molecule has 2 aromatic rings. The molecule has 8 nitrogen and oxygen atoms in total. The van der Waals surface area contributed by atoms with Crippen molar-refractivity contribution in [3.63, 3.8) is 0 Å². The van der Waals surface area contributed by atoms with Gasteiger partial charge in [-0.05, 0) is 30.7 Å². The molecule has 1 N–H and O–H groups in total. The van der Waals surface area contributed by atoms with Crippen molar-refractivity contribution in [1.82, 2.24) is 4.90 Å². The van der Waals surface area contributed by atoms with Gasteiger partial charge in [-0.15, -0.1) is 0 Å². The Hall–Kier alpha value is -3.68. The number of carbonyl (C=O) groups excluding carboxylic acids is 4. The molecule has 1 fully saturated rings. The van der Waals surface area contributed by atoms with Crippen LogP contribution < -0.4 is 5.32 Å². The van der Waals surface area contributed by atoms with Gasteiger partial charge in [-0.2, -0.15) is 0 Å². The maximum atomic E-state index is 12.8. The van der Waals surface area contributed by atoms with Crippen LogP contribution in [0.5, 0.6) is 0 Å². The normalized spacial score (nSPS) is 16.5. The molecule has 2 aromatic carbocycles. The van der Waals surface area contributed by atoms with Gasteiger partial charge in [-0.1, -0.05) is 30.3 Å². The van der Waals surface area contributed by atoms with E-state index in [4.69, 9.17) is 9.47 Å². The zero-order valence-electron chi connectivity index (χ0n) is 17.6. The quantitative estimate of drug-likeness (QED) is 0.716. The highest BCUT2D eigenvalue weighted by atomic mass is 16.5.